The number of anilines is 1. The van der Waals surface area contributed by atoms with Gasteiger partial charge >= 0.3 is 7.82 Å². The summed E-state index contributed by atoms with van der Waals surface area (Å²) in [7, 11) is -4.82. The van der Waals surface area contributed by atoms with Crippen LogP contribution in [0.5, 0.6) is 0 Å². The molecule has 252 valence electrons. The number of nitrogen functional groups attached to an aromatic ring is 1. The Morgan fingerprint density at radius 2 is 1.59 bits per heavy atom. The van der Waals surface area contributed by atoms with E-state index in [2.05, 4.69) is 21.9 Å². The molecule has 0 aromatic carbocycles. The molecular formula is C31H55ClN5O6P. The topological polar surface area (TPSA) is 155 Å². The number of nitrogens with zero attached hydrogens (tertiary/aromatic N) is 4. The number of imidazole rings is 1. The summed E-state index contributed by atoms with van der Waals surface area (Å²) < 4.78 is 31.9. The second kappa shape index (κ2) is 19.4. The number of hydrogen-bond acceptors (Lipinski definition) is 8. The van der Waals surface area contributed by atoms with Crippen LogP contribution in [-0.4, -0.2) is 54.2 Å². The number of phosphoric acid groups is 1. The fraction of sp³-hybridized carbons (Fsp3) is 0.839. The molecular weight excluding hydrogens is 605 g/mol. The lowest BCUT2D eigenvalue weighted by atomic mass is 9.93. The van der Waals surface area contributed by atoms with Crippen LogP contribution in [0.25, 0.3) is 11.2 Å². The molecule has 3 heterocycles. The van der Waals surface area contributed by atoms with Crippen molar-refractivity contribution in [2.24, 2.45) is 5.92 Å². The zero-order valence-electron chi connectivity index (χ0n) is 26.9. The molecule has 3 rings (SSSR count). The fourth-order valence-electron chi connectivity index (χ4n) is 6.04. The first-order valence-electron chi connectivity index (χ1n) is 16.8. The van der Waals surface area contributed by atoms with Crippen molar-refractivity contribution in [3.63, 3.8) is 0 Å². The standard InChI is InChI=1S/C31H55ClN5O6P/c1-4-6-7-8-9-10-11-12-13-14-15-16-17-18-21-41-27(23(3)5-2)28(43-44(38,39)40)24-19-20-25(42-24)37-22-34-26-29(33)35-31(32)36-30(26)37/h22-25,27-28H,4-21H2,1-3H3,(H2,33,35,36)(H2,38,39,40)/t23?,24-,25+,27?,28?/m0/s1. The average Bonchev–Trinajstić information content (AvgIpc) is 3.63. The highest BCUT2D eigenvalue weighted by molar-refractivity contribution is 7.46. The lowest BCUT2D eigenvalue weighted by Gasteiger charge is -2.34. The van der Waals surface area contributed by atoms with Gasteiger partial charge in [-0.1, -0.05) is 111 Å². The van der Waals surface area contributed by atoms with Gasteiger partial charge in [-0.25, -0.2) is 9.55 Å². The third-order valence-electron chi connectivity index (χ3n) is 8.72. The van der Waals surface area contributed by atoms with Crippen LogP contribution < -0.4 is 5.73 Å². The van der Waals surface area contributed by atoms with Gasteiger partial charge in [0.05, 0.1) is 18.5 Å². The van der Waals surface area contributed by atoms with E-state index in [1.54, 1.807) is 10.9 Å². The average molecular weight is 660 g/mol. The van der Waals surface area contributed by atoms with Gasteiger partial charge in [0.2, 0.25) is 5.28 Å². The Hall–Kier alpha value is -1.33. The number of halogens is 1. The highest BCUT2D eigenvalue weighted by atomic mass is 35.5. The first kappa shape index (κ1) is 37.1. The summed E-state index contributed by atoms with van der Waals surface area (Å²) in [4.78, 5) is 32.2. The third kappa shape index (κ3) is 12.1. The summed E-state index contributed by atoms with van der Waals surface area (Å²) in [5, 5.41) is 0.00254. The van der Waals surface area contributed by atoms with Crippen molar-refractivity contribution in [1.82, 2.24) is 19.5 Å². The number of unbranched alkanes of at least 4 members (excludes halogenated alkanes) is 13. The van der Waals surface area contributed by atoms with Crippen LogP contribution in [0.15, 0.2) is 6.33 Å². The highest BCUT2D eigenvalue weighted by Gasteiger charge is 2.43. The van der Waals surface area contributed by atoms with Gasteiger partial charge in [0.15, 0.2) is 11.5 Å². The number of ether oxygens (including phenoxy) is 2. The summed E-state index contributed by atoms with van der Waals surface area (Å²) >= 11 is 6.03. The first-order chi connectivity index (χ1) is 21.1. The van der Waals surface area contributed by atoms with E-state index >= 15 is 0 Å². The summed E-state index contributed by atoms with van der Waals surface area (Å²) in [5.74, 6) is 0.172. The normalized spacial score (nSPS) is 19.5. The highest BCUT2D eigenvalue weighted by Crippen LogP contribution is 2.44. The minimum Gasteiger partial charge on any atom is -0.382 e. The van der Waals surface area contributed by atoms with Crippen molar-refractivity contribution < 1.29 is 28.3 Å². The molecule has 0 amide bonds. The number of fused-ring (bicyclic) bond motifs is 1. The minimum atomic E-state index is -4.82. The molecule has 44 heavy (non-hydrogen) atoms. The van der Waals surface area contributed by atoms with Gasteiger partial charge in [-0.05, 0) is 36.8 Å². The van der Waals surface area contributed by atoms with Crippen LogP contribution >= 0.6 is 19.4 Å². The molecule has 1 aliphatic heterocycles. The molecule has 4 N–H and O–H groups in total. The van der Waals surface area contributed by atoms with Crippen molar-refractivity contribution in [3.05, 3.63) is 11.6 Å². The molecule has 2 aromatic heterocycles. The number of nitrogens with two attached hydrogens (primary N) is 1. The van der Waals surface area contributed by atoms with Crippen LogP contribution in [0.3, 0.4) is 0 Å². The second-order valence-corrected chi connectivity index (χ2v) is 13.8. The Kier molecular flexibility index (Phi) is 16.3. The van der Waals surface area contributed by atoms with Crippen molar-refractivity contribution in [2.45, 2.75) is 154 Å². The number of aromatic nitrogens is 4. The smallest absolute Gasteiger partial charge is 0.382 e. The monoisotopic (exact) mass is 659 g/mol. The number of rotatable bonds is 23. The van der Waals surface area contributed by atoms with Crippen molar-refractivity contribution in [1.29, 1.82) is 0 Å². The molecule has 3 unspecified atom stereocenters. The second-order valence-electron chi connectivity index (χ2n) is 12.3. The molecule has 1 aliphatic rings. The van der Waals surface area contributed by atoms with Crippen LogP contribution in [-0.2, 0) is 18.6 Å². The molecule has 0 aliphatic carbocycles. The maximum Gasteiger partial charge on any atom is 0.470 e. The zero-order chi connectivity index (χ0) is 32.0. The maximum atomic E-state index is 12.1. The van der Waals surface area contributed by atoms with Gasteiger partial charge in [0, 0.05) is 6.61 Å². The summed E-state index contributed by atoms with van der Waals surface area (Å²) in [6.45, 7) is 6.82. The summed E-state index contributed by atoms with van der Waals surface area (Å²) in [6.07, 6.45) is 18.7. The third-order valence-corrected chi connectivity index (χ3v) is 9.41. The fourth-order valence-corrected chi connectivity index (χ4v) is 6.79. The molecule has 0 bridgehead atoms. The molecule has 0 radical (unpaired) electrons. The van der Waals surface area contributed by atoms with Crippen LogP contribution in [0, 0.1) is 5.92 Å². The van der Waals surface area contributed by atoms with Gasteiger partial charge in [-0.15, -0.1) is 0 Å². The van der Waals surface area contributed by atoms with Crippen molar-refractivity contribution in [2.75, 3.05) is 12.3 Å². The Morgan fingerprint density at radius 1 is 1.00 bits per heavy atom. The van der Waals surface area contributed by atoms with E-state index in [4.69, 9.17) is 31.3 Å². The van der Waals surface area contributed by atoms with E-state index in [0.717, 1.165) is 19.3 Å². The van der Waals surface area contributed by atoms with Crippen molar-refractivity contribution >= 4 is 36.4 Å². The quantitative estimate of drug-likeness (QED) is 0.0605. The predicted octanol–water partition coefficient (Wildman–Crippen LogP) is 8.13. The Balaban J connectivity index is 1.47. The number of phosphoric ester groups is 1. The van der Waals surface area contributed by atoms with Crippen LogP contribution in [0.4, 0.5) is 5.82 Å². The molecule has 0 spiro atoms. The molecule has 11 nitrogen and oxygen atoms in total. The predicted molar refractivity (Wildman–Crippen MR) is 174 cm³/mol. The van der Waals surface area contributed by atoms with E-state index in [1.807, 2.05) is 13.8 Å². The molecule has 0 saturated carbocycles. The molecule has 13 heteroatoms. The molecule has 2 aromatic rings. The van der Waals surface area contributed by atoms with Gasteiger partial charge < -0.3 is 25.0 Å². The van der Waals surface area contributed by atoms with Crippen LogP contribution in [0.2, 0.25) is 5.28 Å². The van der Waals surface area contributed by atoms with E-state index < -0.39 is 32.4 Å². The summed E-state index contributed by atoms with van der Waals surface area (Å²) in [6, 6.07) is 0. The minimum absolute atomic E-state index is 0.00117. The number of hydrogen-bond donors (Lipinski definition) is 3. The van der Waals surface area contributed by atoms with Crippen LogP contribution in [0.1, 0.15) is 136 Å². The molecule has 1 saturated heterocycles. The summed E-state index contributed by atoms with van der Waals surface area (Å²) in [5.41, 5.74) is 6.81. The Bertz CT molecular complexity index is 1150. The van der Waals surface area contributed by atoms with E-state index in [1.165, 1.54) is 77.0 Å². The molecule has 1 fully saturated rings. The van der Waals surface area contributed by atoms with E-state index in [9.17, 15) is 14.4 Å². The van der Waals surface area contributed by atoms with Gasteiger partial charge in [0.1, 0.15) is 17.8 Å². The SMILES string of the molecule is CCCCCCCCCCCCCCCCOC(C(C)CC)C(OP(=O)(O)O)[C@@H]1CC[C@H](n2cnc3c(N)nc(Cl)nc32)O1. The zero-order valence-corrected chi connectivity index (χ0v) is 28.6. The van der Waals surface area contributed by atoms with E-state index in [0.29, 0.717) is 30.6 Å². The van der Waals surface area contributed by atoms with Gasteiger partial charge in [0.25, 0.3) is 0 Å². The Morgan fingerprint density at radius 3 is 2.16 bits per heavy atom. The first-order valence-corrected chi connectivity index (χ1v) is 18.7. The Labute approximate surface area is 268 Å². The maximum absolute atomic E-state index is 12.1. The molecule has 5 atom stereocenters. The van der Waals surface area contributed by atoms with Gasteiger partial charge in [-0.2, -0.15) is 9.97 Å². The lowest BCUT2D eigenvalue weighted by Crippen LogP contribution is -2.44. The lowest BCUT2D eigenvalue weighted by molar-refractivity contribution is -0.129. The van der Waals surface area contributed by atoms with Crippen molar-refractivity contribution in [3.8, 4) is 0 Å². The largest absolute Gasteiger partial charge is 0.470 e. The van der Waals surface area contributed by atoms with E-state index in [-0.39, 0.29) is 17.0 Å². The van der Waals surface area contributed by atoms with Gasteiger partial charge in [-0.3, -0.25) is 9.09 Å².